The summed E-state index contributed by atoms with van der Waals surface area (Å²) in [5.41, 5.74) is 0.901. The molecule has 2 aromatic rings. The molecule has 20 heavy (non-hydrogen) atoms. The molecule has 1 atom stereocenters. The highest BCUT2D eigenvalue weighted by molar-refractivity contribution is 6.30. The molecule has 1 heterocycles. The minimum atomic E-state index is -0.246. The summed E-state index contributed by atoms with van der Waals surface area (Å²) >= 11 is 5.78. The zero-order valence-electron chi connectivity index (χ0n) is 11.7. The standard InChI is InChI=1S/C15H17ClFN3/c1-15(2,3)13(10-4-6-12(17)7-5-10)20-14-18-8-11(16)9-19-14/h4-9,13H,1-3H3,(H,18,19,20). The summed E-state index contributed by atoms with van der Waals surface area (Å²) in [6.07, 6.45) is 3.09. The molecule has 1 aromatic carbocycles. The molecule has 106 valence electrons. The van der Waals surface area contributed by atoms with Crippen molar-refractivity contribution < 1.29 is 4.39 Å². The van der Waals surface area contributed by atoms with E-state index in [1.54, 1.807) is 24.5 Å². The van der Waals surface area contributed by atoms with Gasteiger partial charge in [-0.25, -0.2) is 14.4 Å². The van der Waals surface area contributed by atoms with Gasteiger partial charge in [-0.05, 0) is 23.1 Å². The predicted octanol–water partition coefficient (Wildman–Crippen LogP) is 4.47. The molecule has 0 spiro atoms. The van der Waals surface area contributed by atoms with Crippen LogP contribution in [0.4, 0.5) is 10.3 Å². The van der Waals surface area contributed by atoms with Crippen LogP contribution in [-0.2, 0) is 0 Å². The fourth-order valence-electron chi connectivity index (χ4n) is 1.97. The molecule has 5 heteroatoms. The Bertz CT molecular complexity index is 561. The second-order valence-corrected chi connectivity index (χ2v) is 6.16. The number of nitrogens with one attached hydrogen (secondary N) is 1. The molecular formula is C15H17ClFN3. The van der Waals surface area contributed by atoms with E-state index in [-0.39, 0.29) is 17.3 Å². The molecule has 0 aliphatic heterocycles. The van der Waals surface area contributed by atoms with Crippen molar-refractivity contribution in [3.63, 3.8) is 0 Å². The summed E-state index contributed by atoms with van der Waals surface area (Å²) in [4.78, 5) is 8.29. The smallest absolute Gasteiger partial charge is 0.223 e. The molecule has 0 fully saturated rings. The summed E-state index contributed by atoms with van der Waals surface area (Å²) in [6.45, 7) is 6.30. The average Bonchev–Trinajstić information content (AvgIpc) is 2.38. The first kappa shape index (κ1) is 14.7. The topological polar surface area (TPSA) is 37.8 Å². The van der Waals surface area contributed by atoms with Crippen molar-refractivity contribution in [2.75, 3.05) is 5.32 Å². The number of anilines is 1. The molecule has 2 rings (SSSR count). The fourth-order valence-corrected chi connectivity index (χ4v) is 2.07. The third kappa shape index (κ3) is 3.67. The molecule has 0 amide bonds. The van der Waals surface area contributed by atoms with Gasteiger partial charge in [-0.2, -0.15) is 0 Å². The van der Waals surface area contributed by atoms with Crippen LogP contribution in [0.5, 0.6) is 0 Å². The Labute approximate surface area is 123 Å². The van der Waals surface area contributed by atoms with E-state index in [2.05, 4.69) is 36.1 Å². The first-order valence-electron chi connectivity index (χ1n) is 6.36. The Hall–Kier alpha value is -1.68. The van der Waals surface area contributed by atoms with Crippen molar-refractivity contribution in [2.24, 2.45) is 5.41 Å². The Morgan fingerprint density at radius 1 is 1.10 bits per heavy atom. The lowest BCUT2D eigenvalue weighted by atomic mass is 9.82. The first-order chi connectivity index (χ1) is 9.36. The Morgan fingerprint density at radius 2 is 1.65 bits per heavy atom. The minimum absolute atomic E-state index is 0.0377. The van der Waals surface area contributed by atoms with Crippen molar-refractivity contribution in [3.05, 3.63) is 53.1 Å². The van der Waals surface area contributed by atoms with Gasteiger partial charge in [0.1, 0.15) is 5.82 Å². The van der Waals surface area contributed by atoms with Crippen molar-refractivity contribution in [1.82, 2.24) is 9.97 Å². The van der Waals surface area contributed by atoms with Gasteiger partial charge in [0.15, 0.2) is 0 Å². The molecule has 1 unspecified atom stereocenters. The molecule has 1 N–H and O–H groups in total. The summed E-state index contributed by atoms with van der Waals surface area (Å²) < 4.78 is 13.1. The number of hydrogen-bond donors (Lipinski definition) is 1. The van der Waals surface area contributed by atoms with Crippen LogP contribution in [0, 0.1) is 11.2 Å². The Balaban J connectivity index is 2.29. The molecule has 0 saturated carbocycles. The van der Waals surface area contributed by atoms with Crippen LogP contribution in [0.3, 0.4) is 0 Å². The summed E-state index contributed by atoms with van der Waals surface area (Å²) in [6, 6.07) is 6.42. The highest BCUT2D eigenvalue weighted by Gasteiger charge is 2.26. The SMILES string of the molecule is CC(C)(C)C(Nc1ncc(Cl)cn1)c1ccc(F)cc1. The second kappa shape index (κ2) is 5.75. The van der Waals surface area contributed by atoms with Gasteiger partial charge in [0, 0.05) is 0 Å². The zero-order chi connectivity index (χ0) is 14.8. The van der Waals surface area contributed by atoms with Crippen molar-refractivity contribution in [3.8, 4) is 0 Å². The maximum Gasteiger partial charge on any atom is 0.223 e. The zero-order valence-corrected chi connectivity index (χ0v) is 12.4. The number of rotatable bonds is 3. The largest absolute Gasteiger partial charge is 0.347 e. The van der Waals surface area contributed by atoms with Gasteiger partial charge in [-0.15, -0.1) is 0 Å². The van der Waals surface area contributed by atoms with Crippen LogP contribution in [0.15, 0.2) is 36.7 Å². The number of halogens is 2. The van der Waals surface area contributed by atoms with Gasteiger partial charge in [0.05, 0.1) is 23.5 Å². The van der Waals surface area contributed by atoms with Gasteiger partial charge in [-0.1, -0.05) is 44.5 Å². The fraction of sp³-hybridized carbons (Fsp3) is 0.333. The molecule has 0 radical (unpaired) electrons. The van der Waals surface area contributed by atoms with E-state index in [0.717, 1.165) is 5.56 Å². The van der Waals surface area contributed by atoms with Crippen molar-refractivity contribution >= 4 is 17.5 Å². The third-order valence-corrected chi connectivity index (χ3v) is 3.16. The van der Waals surface area contributed by atoms with Gasteiger partial charge in [0.25, 0.3) is 0 Å². The molecule has 1 aromatic heterocycles. The summed E-state index contributed by atoms with van der Waals surface area (Å²) in [5, 5.41) is 3.77. The van der Waals surface area contributed by atoms with E-state index in [4.69, 9.17) is 11.6 Å². The predicted molar refractivity (Wildman–Crippen MR) is 79.3 cm³/mol. The summed E-state index contributed by atoms with van der Waals surface area (Å²) in [5.74, 6) is 0.253. The Morgan fingerprint density at radius 3 is 2.15 bits per heavy atom. The highest BCUT2D eigenvalue weighted by atomic mass is 35.5. The molecule has 0 bridgehead atoms. The van der Waals surface area contributed by atoms with Crippen molar-refractivity contribution in [2.45, 2.75) is 26.8 Å². The lowest BCUT2D eigenvalue weighted by Crippen LogP contribution is -2.26. The molecule has 0 aliphatic carbocycles. The lowest BCUT2D eigenvalue weighted by molar-refractivity contribution is 0.346. The number of hydrogen-bond acceptors (Lipinski definition) is 3. The highest BCUT2D eigenvalue weighted by Crippen LogP contribution is 2.35. The van der Waals surface area contributed by atoms with Gasteiger partial charge in [-0.3, -0.25) is 0 Å². The van der Waals surface area contributed by atoms with E-state index < -0.39 is 0 Å². The van der Waals surface area contributed by atoms with Crippen LogP contribution in [0.25, 0.3) is 0 Å². The normalized spacial score (nSPS) is 13.1. The monoisotopic (exact) mass is 293 g/mol. The van der Waals surface area contributed by atoms with E-state index in [1.165, 1.54) is 12.1 Å². The van der Waals surface area contributed by atoms with Crippen LogP contribution in [-0.4, -0.2) is 9.97 Å². The molecule has 0 aliphatic rings. The number of nitrogens with zero attached hydrogens (tertiary/aromatic N) is 2. The average molecular weight is 294 g/mol. The maximum absolute atomic E-state index is 13.1. The van der Waals surface area contributed by atoms with Gasteiger partial charge >= 0.3 is 0 Å². The third-order valence-electron chi connectivity index (χ3n) is 2.96. The van der Waals surface area contributed by atoms with E-state index >= 15 is 0 Å². The van der Waals surface area contributed by atoms with E-state index in [1.807, 2.05) is 0 Å². The van der Waals surface area contributed by atoms with Crippen LogP contribution >= 0.6 is 11.6 Å². The molecule has 3 nitrogen and oxygen atoms in total. The lowest BCUT2D eigenvalue weighted by Gasteiger charge is -2.32. The maximum atomic E-state index is 13.1. The van der Waals surface area contributed by atoms with Crippen LogP contribution in [0.1, 0.15) is 32.4 Å². The quantitative estimate of drug-likeness (QED) is 0.907. The van der Waals surface area contributed by atoms with E-state index in [0.29, 0.717) is 11.0 Å². The first-order valence-corrected chi connectivity index (χ1v) is 6.73. The second-order valence-electron chi connectivity index (χ2n) is 5.72. The van der Waals surface area contributed by atoms with Crippen LogP contribution < -0.4 is 5.32 Å². The molecular weight excluding hydrogens is 277 g/mol. The minimum Gasteiger partial charge on any atom is -0.347 e. The summed E-state index contributed by atoms with van der Waals surface area (Å²) in [7, 11) is 0. The number of aromatic nitrogens is 2. The van der Waals surface area contributed by atoms with Gasteiger partial charge < -0.3 is 5.32 Å². The van der Waals surface area contributed by atoms with Crippen molar-refractivity contribution in [1.29, 1.82) is 0 Å². The van der Waals surface area contributed by atoms with Gasteiger partial charge in [0.2, 0.25) is 5.95 Å². The number of benzene rings is 1. The van der Waals surface area contributed by atoms with E-state index in [9.17, 15) is 4.39 Å². The Kier molecular flexibility index (Phi) is 4.23. The molecule has 0 saturated heterocycles. The van der Waals surface area contributed by atoms with Crippen LogP contribution in [0.2, 0.25) is 5.02 Å².